The third kappa shape index (κ3) is 5.16. The first kappa shape index (κ1) is 18.2. The molecule has 0 saturated carbocycles. The summed E-state index contributed by atoms with van der Waals surface area (Å²) in [7, 11) is -3.14. The highest BCUT2D eigenvalue weighted by Crippen LogP contribution is 2.31. The predicted molar refractivity (Wildman–Crippen MR) is 88.6 cm³/mol. The van der Waals surface area contributed by atoms with Gasteiger partial charge in [0.05, 0.1) is 12.9 Å². The quantitative estimate of drug-likeness (QED) is 0.771. The minimum absolute atomic E-state index is 0.112. The van der Waals surface area contributed by atoms with E-state index in [0.29, 0.717) is 32.0 Å². The van der Waals surface area contributed by atoms with Gasteiger partial charge in [0.15, 0.2) is 0 Å². The van der Waals surface area contributed by atoms with Crippen molar-refractivity contribution in [3.8, 4) is 5.75 Å². The number of nitrogens with zero attached hydrogens (tertiary/aromatic N) is 1. The average Bonchev–Trinajstić information content (AvgIpc) is 2.67. The maximum absolute atomic E-state index is 13.3. The summed E-state index contributed by atoms with van der Waals surface area (Å²) in [5.41, 5.74) is 0.972. The lowest BCUT2D eigenvalue weighted by molar-refractivity contribution is 0.313. The zero-order chi connectivity index (χ0) is 16.9. The second-order valence-electron chi connectivity index (χ2n) is 5.79. The van der Waals surface area contributed by atoms with Gasteiger partial charge >= 0.3 is 0 Å². The molecule has 1 aliphatic heterocycles. The van der Waals surface area contributed by atoms with E-state index in [1.807, 2.05) is 6.92 Å². The lowest BCUT2D eigenvalue weighted by Crippen LogP contribution is -2.33. The van der Waals surface area contributed by atoms with Gasteiger partial charge in [-0.3, -0.25) is 0 Å². The first-order valence-corrected chi connectivity index (χ1v) is 9.87. The molecule has 0 saturated heterocycles. The molecule has 0 aromatic heterocycles. The van der Waals surface area contributed by atoms with Crippen LogP contribution in [-0.2, 0) is 10.0 Å². The van der Waals surface area contributed by atoms with Crippen molar-refractivity contribution in [3.05, 3.63) is 29.6 Å². The number of rotatable bonds is 7. The van der Waals surface area contributed by atoms with E-state index >= 15 is 0 Å². The van der Waals surface area contributed by atoms with Crippen LogP contribution < -0.4 is 10.1 Å². The van der Waals surface area contributed by atoms with Crippen molar-refractivity contribution in [1.82, 2.24) is 9.62 Å². The molecular weight excluding hydrogens is 319 g/mol. The fraction of sp³-hybridized carbons (Fsp3) is 0.625. The molecule has 0 bridgehead atoms. The van der Waals surface area contributed by atoms with Crippen molar-refractivity contribution >= 4 is 10.0 Å². The molecule has 1 N–H and O–H groups in total. The van der Waals surface area contributed by atoms with Crippen LogP contribution in [0.1, 0.15) is 37.8 Å². The lowest BCUT2D eigenvalue weighted by Gasteiger charge is -2.21. The molecule has 1 aromatic rings. The first-order valence-electron chi connectivity index (χ1n) is 8.02. The molecule has 2 rings (SSSR count). The Kier molecular flexibility index (Phi) is 6.38. The van der Waals surface area contributed by atoms with Crippen LogP contribution in [0.3, 0.4) is 0 Å². The van der Waals surface area contributed by atoms with Crippen molar-refractivity contribution in [1.29, 1.82) is 0 Å². The molecule has 0 unspecified atom stereocenters. The van der Waals surface area contributed by atoms with Crippen LogP contribution >= 0.6 is 0 Å². The number of sulfonamides is 1. The second-order valence-corrected chi connectivity index (χ2v) is 7.77. The Hall–Kier alpha value is -1.18. The summed E-state index contributed by atoms with van der Waals surface area (Å²) in [4.78, 5) is 0. The van der Waals surface area contributed by atoms with E-state index in [9.17, 15) is 12.8 Å². The van der Waals surface area contributed by atoms with Gasteiger partial charge in [0.1, 0.15) is 11.6 Å². The average molecular weight is 344 g/mol. The summed E-state index contributed by atoms with van der Waals surface area (Å²) < 4.78 is 43.5. The van der Waals surface area contributed by atoms with E-state index < -0.39 is 10.0 Å². The van der Waals surface area contributed by atoms with Crippen LogP contribution in [0, 0.1) is 5.82 Å². The molecule has 0 amide bonds. The Morgan fingerprint density at radius 3 is 2.91 bits per heavy atom. The summed E-state index contributed by atoms with van der Waals surface area (Å²) in [6.07, 6.45) is 3.78. The number of halogens is 1. The van der Waals surface area contributed by atoms with E-state index in [1.165, 1.54) is 22.7 Å². The fourth-order valence-electron chi connectivity index (χ4n) is 2.85. The minimum Gasteiger partial charge on any atom is -0.493 e. The zero-order valence-electron chi connectivity index (χ0n) is 13.7. The molecule has 1 atom stereocenters. The maximum Gasteiger partial charge on any atom is 0.211 e. The largest absolute Gasteiger partial charge is 0.493 e. The van der Waals surface area contributed by atoms with Crippen molar-refractivity contribution < 1.29 is 17.5 Å². The summed E-state index contributed by atoms with van der Waals surface area (Å²) >= 11 is 0. The molecule has 0 aliphatic carbocycles. The van der Waals surface area contributed by atoms with Crippen LogP contribution in [0.2, 0.25) is 0 Å². The number of hydrogen-bond acceptors (Lipinski definition) is 4. The number of benzene rings is 1. The van der Waals surface area contributed by atoms with E-state index in [2.05, 4.69) is 5.32 Å². The highest BCUT2D eigenvalue weighted by molar-refractivity contribution is 7.88. The summed E-state index contributed by atoms with van der Waals surface area (Å²) in [6, 6.07) is 4.76. The second kappa shape index (κ2) is 8.08. The highest BCUT2D eigenvalue weighted by Gasteiger charge is 2.20. The van der Waals surface area contributed by atoms with Crippen molar-refractivity contribution in [2.45, 2.75) is 32.2 Å². The van der Waals surface area contributed by atoms with Crippen molar-refractivity contribution in [3.63, 3.8) is 0 Å². The minimum atomic E-state index is -3.14. The van der Waals surface area contributed by atoms with Gasteiger partial charge in [-0.15, -0.1) is 0 Å². The molecule has 23 heavy (non-hydrogen) atoms. The number of fused-ring (bicyclic) bond motifs is 1. The van der Waals surface area contributed by atoms with Gasteiger partial charge in [-0.05, 0) is 31.9 Å². The summed E-state index contributed by atoms with van der Waals surface area (Å²) in [6.45, 7) is 4.11. The highest BCUT2D eigenvalue weighted by atomic mass is 32.2. The third-order valence-electron chi connectivity index (χ3n) is 4.04. The van der Waals surface area contributed by atoms with Gasteiger partial charge in [-0.1, -0.05) is 13.0 Å². The molecule has 130 valence electrons. The van der Waals surface area contributed by atoms with Crippen LogP contribution in [0.15, 0.2) is 18.2 Å². The maximum atomic E-state index is 13.3. The van der Waals surface area contributed by atoms with Crippen LogP contribution in [-0.4, -0.2) is 45.2 Å². The monoisotopic (exact) mass is 344 g/mol. The normalized spacial score (nSPS) is 18.3. The van der Waals surface area contributed by atoms with Gasteiger partial charge in [0.25, 0.3) is 0 Å². The van der Waals surface area contributed by atoms with Crippen molar-refractivity contribution in [2.24, 2.45) is 0 Å². The molecular formula is C16H25FN2O3S. The fourth-order valence-corrected chi connectivity index (χ4v) is 3.78. The van der Waals surface area contributed by atoms with E-state index in [0.717, 1.165) is 24.8 Å². The zero-order valence-corrected chi connectivity index (χ0v) is 14.5. The predicted octanol–water partition coefficient (Wildman–Crippen LogP) is 2.30. The molecule has 1 aliphatic rings. The van der Waals surface area contributed by atoms with Crippen LogP contribution in [0.25, 0.3) is 0 Å². The van der Waals surface area contributed by atoms with Gasteiger partial charge < -0.3 is 10.1 Å². The van der Waals surface area contributed by atoms with Crippen molar-refractivity contribution in [2.75, 3.05) is 32.5 Å². The Bertz CT molecular complexity index is 622. The molecule has 0 spiro atoms. The SMILES string of the molecule is CCN(CCCN[C@@H]1CCCOc2cc(F)ccc21)S(C)(=O)=O. The summed E-state index contributed by atoms with van der Waals surface area (Å²) in [5, 5.41) is 3.44. The van der Waals surface area contributed by atoms with Gasteiger partial charge in [-0.2, -0.15) is 0 Å². The van der Waals surface area contributed by atoms with E-state index in [-0.39, 0.29) is 11.9 Å². The first-order chi connectivity index (χ1) is 10.9. The van der Waals surface area contributed by atoms with Crippen LogP contribution in [0.5, 0.6) is 5.75 Å². The molecule has 0 radical (unpaired) electrons. The molecule has 1 heterocycles. The Balaban J connectivity index is 1.91. The Morgan fingerprint density at radius 2 is 2.22 bits per heavy atom. The van der Waals surface area contributed by atoms with Gasteiger partial charge in [-0.25, -0.2) is 17.1 Å². The smallest absolute Gasteiger partial charge is 0.211 e. The number of nitrogens with one attached hydrogen (secondary N) is 1. The molecule has 0 fully saturated rings. The molecule has 7 heteroatoms. The Morgan fingerprint density at radius 1 is 1.43 bits per heavy atom. The Labute approximate surface area is 137 Å². The van der Waals surface area contributed by atoms with E-state index in [1.54, 1.807) is 6.07 Å². The standard InChI is InChI=1S/C16H25FN2O3S/c1-3-19(23(2,20)21)10-5-9-18-15-6-4-11-22-16-12-13(17)7-8-14(15)16/h7-8,12,15,18H,3-6,9-11H2,1-2H3/t15-/m1/s1. The van der Waals surface area contributed by atoms with Gasteiger partial charge in [0.2, 0.25) is 10.0 Å². The summed E-state index contributed by atoms with van der Waals surface area (Å²) in [5.74, 6) is 0.308. The van der Waals surface area contributed by atoms with Crippen LogP contribution in [0.4, 0.5) is 4.39 Å². The number of hydrogen-bond donors (Lipinski definition) is 1. The third-order valence-corrected chi connectivity index (χ3v) is 5.42. The lowest BCUT2D eigenvalue weighted by atomic mass is 10.0. The van der Waals surface area contributed by atoms with E-state index in [4.69, 9.17) is 4.74 Å². The molecule has 1 aromatic carbocycles. The molecule has 5 nitrogen and oxygen atoms in total. The number of ether oxygens (including phenoxy) is 1. The topological polar surface area (TPSA) is 58.6 Å². The van der Waals surface area contributed by atoms with Gasteiger partial charge in [0, 0.05) is 30.8 Å².